The van der Waals surface area contributed by atoms with Crippen LogP contribution in [-0.2, 0) is 6.54 Å². The van der Waals surface area contributed by atoms with Gasteiger partial charge >= 0.3 is 0 Å². The first-order chi connectivity index (χ1) is 9.99. The fourth-order valence-electron chi connectivity index (χ4n) is 1.99. The summed E-state index contributed by atoms with van der Waals surface area (Å²) in [6.45, 7) is 4.41. The van der Waals surface area contributed by atoms with Gasteiger partial charge in [0.05, 0.1) is 5.56 Å². The van der Waals surface area contributed by atoms with E-state index in [1.807, 2.05) is 48.6 Å². The number of pyridine rings is 1. The van der Waals surface area contributed by atoms with Crippen molar-refractivity contribution >= 4 is 28.5 Å². The van der Waals surface area contributed by atoms with Gasteiger partial charge in [0.2, 0.25) is 0 Å². The molecule has 1 aromatic carbocycles. The maximum atomic E-state index is 13.2. The van der Waals surface area contributed by atoms with Gasteiger partial charge in [0.15, 0.2) is 0 Å². The smallest absolute Gasteiger partial charge is 0.255 e. The molecule has 0 aliphatic carbocycles. The van der Waals surface area contributed by atoms with E-state index in [1.54, 1.807) is 17.3 Å². The van der Waals surface area contributed by atoms with Gasteiger partial charge in [-0.05, 0) is 66.3 Å². The Bertz CT molecular complexity index is 631. The van der Waals surface area contributed by atoms with E-state index in [0.29, 0.717) is 15.7 Å². The summed E-state index contributed by atoms with van der Waals surface area (Å²) < 4.78 is 13.8. The van der Waals surface area contributed by atoms with E-state index in [1.165, 1.54) is 18.2 Å². The molecule has 0 fully saturated rings. The van der Waals surface area contributed by atoms with Crippen LogP contribution in [-0.4, -0.2) is 21.8 Å². The van der Waals surface area contributed by atoms with Gasteiger partial charge in [0, 0.05) is 28.6 Å². The van der Waals surface area contributed by atoms with E-state index < -0.39 is 0 Å². The number of halogens is 2. The first kappa shape index (κ1) is 15.9. The molecule has 0 saturated heterocycles. The van der Waals surface area contributed by atoms with Gasteiger partial charge in [0.25, 0.3) is 5.91 Å². The van der Waals surface area contributed by atoms with E-state index in [9.17, 15) is 9.18 Å². The van der Waals surface area contributed by atoms with Crippen molar-refractivity contribution in [3.63, 3.8) is 0 Å². The van der Waals surface area contributed by atoms with Crippen LogP contribution in [0.4, 0.5) is 4.39 Å². The summed E-state index contributed by atoms with van der Waals surface area (Å²) in [5.74, 6) is -0.433. The zero-order valence-electron chi connectivity index (χ0n) is 11.9. The summed E-state index contributed by atoms with van der Waals surface area (Å²) in [4.78, 5) is 18.5. The molecule has 0 aliphatic rings. The molecule has 0 atom stereocenters. The molecule has 0 bridgehead atoms. The summed E-state index contributed by atoms with van der Waals surface area (Å²) >= 11 is 1.99. The van der Waals surface area contributed by atoms with Crippen molar-refractivity contribution in [1.29, 1.82) is 0 Å². The number of carbonyl (C=O) groups excluding carboxylic acids is 1. The quantitative estimate of drug-likeness (QED) is 0.733. The number of benzene rings is 1. The molecule has 1 heterocycles. The van der Waals surface area contributed by atoms with Crippen molar-refractivity contribution in [2.45, 2.75) is 26.4 Å². The van der Waals surface area contributed by atoms with Gasteiger partial charge in [-0.3, -0.25) is 9.78 Å². The van der Waals surface area contributed by atoms with Gasteiger partial charge in [-0.25, -0.2) is 4.39 Å². The SMILES string of the molecule is CC(C)N(Cc1cccnc1)C(=O)c1ccc(F)cc1I. The Hall–Kier alpha value is -1.50. The summed E-state index contributed by atoms with van der Waals surface area (Å²) in [7, 11) is 0. The average Bonchev–Trinajstić information content (AvgIpc) is 2.45. The minimum absolute atomic E-state index is 0.0403. The highest BCUT2D eigenvalue weighted by atomic mass is 127. The second kappa shape index (κ2) is 6.98. The second-order valence-corrected chi connectivity index (χ2v) is 6.17. The van der Waals surface area contributed by atoms with Gasteiger partial charge in [0.1, 0.15) is 5.82 Å². The minimum atomic E-state index is -0.334. The van der Waals surface area contributed by atoms with Crippen LogP contribution in [0.5, 0.6) is 0 Å². The number of rotatable bonds is 4. The topological polar surface area (TPSA) is 33.2 Å². The normalized spacial score (nSPS) is 10.7. The summed E-state index contributed by atoms with van der Waals surface area (Å²) in [5, 5.41) is 0. The first-order valence-corrected chi connectivity index (χ1v) is 7.72. The third kappa shape index (κ3) is 4.00. The fraction of sp³-hybridized carbons (Fsp3) is 0.250. The molecule has 2 aromatic rings. The predicted molar refractivity (Wildman–Crippen MR) is 88.4 cm³/mol. The van der Waals surface area contributed by atoms with Crippen molar-refractivity contribution in [3.8, 4) is 0 Å². The van der Waals surface area contributed by atoms with Crippen LogP contribution in [0.25, 0.3) is 0 Å². The Labute approximate surface area is 137 Å². The summed E-state index contributed by atoms with van der Waals surface area (Å²) in [6, 6.07) is 8.05. The standard InChI is InChI=1S/C16H16FIN2O/c1-11(2)20(10-12-4-3-7-19-9-12)16(21)14-6-5-13(17)8-15(14)18/h3-9,11H,10H2,1-2H3. The second-order valence-electron chi connectivity index (χ2n) is 5.01. The highest BCUT2D eigenvalue weighted by Gasteiger charge is 2.21. The molecule has 3 nitrogen and oxygen atoms in total. The van der Waals surface area contributed by atoms with Crippen molar-refractivity contribution in [1.82, 2.24) is 9.88 Å². The molecular formula is C16H16FIN2O. The first-order valence-electron chi connectivity index (χ1n) is 6.64. The molecule has 0 unspecified atom stereocenters. The van der Waals surface area contributed by atoms with Gasteiger partial charge in [-0.1, -0.05) is 6.07 Å². The predicted octanol–water partition coefficient (Wildman–Crippen LogP) is 3.88. The van der Waals surface area contributed by atoms with Crippen molar-refractivity contribution in [2.75, 3.05) is 0 Å². The number of hydrogen-bond donors (Lipinski definition) is 0. The highest BCUT2D eigenvalue weighted by Crippen LogP contribution is 2.19. The molecule has 1 aromatic heterocycles. The third-order valence-corrected chi connectivity index (χ3v) is 4.01. The molecule has 1 amide bonds. The number of hydrogen-bond acceptors (Lipinski definition) is 2. The van der Waals surface area contributed by atoms with Crippen LogP contribution in [0.3, 0.4) is 0 Å². The Morgan fingerprint density at radius 1 is 1.38 bits per heavy atom. The number of nitrogens with zero attached hydrogens (tertiary/aromatic N) is 2. The maximum absolute atomic E-state index is 13.2. The van der Waals surface area contributed by atoms with E-state index in [2.05, 4.69) is 4.98 Å². The number of amides is 1. The van der Waals surface area contributed by atoms with Gasteiger partial charge in [-0.2, -0.15) is 0 Å². The summed E-state index contributed by atoms with van der Waals surface area (Å²) in [5.41, 5.74) is 1.49. The lowest BCUT2D eigenvalue weighted by molar-refractivity contribution is 0.0689. The molecule has 0 N–H and O–H groups in total. The van der Waals surface area contributed by atoms with E-state index in [0.717, 1.165) is 5.56 Å². The Kier molecular flexibility index (Phi) is 5.27. The molecule has 21 heavy (non-hydrogen) atoms. The lowest BCUT2D eigenvalue weighted by Gasteiger charge is -2.27. The van der Waals surface area contributed by atoms with Gasteiger partial charge in [-0.15, -0.1) is 0 Å². The van der Waals surface area contributed by atoms with Crippen LogP contribution in [0.1, 0.15) is 29.8 Å². The Morgan fingerprint density at radius 2 is 2.14 bits per heavy atom. The molecule has 5 heteroatoms. The van der Waals surface area contributed by atoms with E-state index in [4.69, 9.17) is 0 Å². The number of aromatic nitrogens is 1. The highest BCUT2D eigenvalue weighted by molar-refractivity contribution is 14.1. The van der Waals surface area contributed by atoms with Crippen molar-refractivity contribution < 1.29 is 9.18 Å². The molecule has 110 valence electrons. The van der Waals surface area contributed by atoms with Crippen LogP contribution >= 0.6 is 22.6 Å². The Balaban J connectivity index is 2.27. The largest absolute Gasteiger partial charge is 0.332 e. The molecule has 0 saturated carbocycles. The molecule has 0 spiro atoms. The van der Waals surface area contributed by atoms with Crippen LogP contribution in [0, 0.1) is 9.39 Å². The monoisotopic (exact) mass is 398 g/mol. The van der Waals surface area contributed by atoms with Gasteiger partial charge < -0.3 is 4.90 Å². The molecule has 2 rings (SSSR count). The van der Waals surface area contributed by atoms with E-state index >= 15 is 0 Å². The summed E-state index contributed by atoms with van der Waals surface area (Å²) in [6.07, 6.45) is 3.45. The zero-order valence-corrected chi connectivity index (χ0v) is 14.0. The van der Waals surface area contributed by atoms with Crippen LogP contribution in [0.2, 0.25) is 0 Å². The van der Waals surface area contributed by atoms with Crippen molar-refractivity contribution in [3.05, 3.63) is 63.2 Å². The molecule has 0 radical (unpaired) electrons. The number of carbonyl (C=O) groups is 1. The average molecular weight is 398 g/mol. The van der Waals surface area contributed by atoms with Crippen LogP contribution in [0.15, 0.2) is 42.7 Å². The lowest BCUT2D eigenvalue weighted by atomic mass is 10.1. The van der Waals surface area contributed by atoms with Crippen molar-refractivity contribution in [2.24, 2.45) is 0 Å². The van der Waals surface area contributed by atoms with E-state index in [-0.39, 0.29) is 17.8 Å². The minimum Gasteiger partial charge on any atom is -0.332 e. The lowest BCUT2D eigenvalue weighted by Crippen LogP contribution is -2.36. The fourth-order valence-corrected chi connectivity index (χ4v) is 2.70. The maximum Gasteiger partial charge on any atom is 0.255 e. The third-order valence-electron chi connectivity index (χ3n) is 3.12. The molecular weight excluding hydrogens is 382 g/mol. The molecule has 0 aliphatic heterocycles. The van der Waals surface area contributed by atoms with Crippen LogP contribution < -0.4 is 0 Å². The Morgan fingerprint density at radius 3 is 2.71 bits per heavy atom. The zero-order chi connectivity index (χ0) is 15.4.